The van der Waals surface area contributed by atoms with Crippen molar-refractivity contribution in [3.8, 4) is 22.6 Å². The number of hydrogen-bond acceptors (Lipinski definition) is 6. The lowest BCUT2D eigenvalue weighted by molar-refractivity contribution is 0.0594. The van der Waals surface area contributed by atoms with Gasteiger partial charge in [0.2, 0.25) is 0 Å². The SMILES string of the molecule is COC(=O)c1cccc(-c2cnc(CCC(O[Si](C)(C)C(C)(C)C)c3ccc(-c4ccccc4)cc3)o2)n1. The number of methoxy groups -OCH3 is 1. The van der Waals surface area contributed by atoms with Gasteiger partial charge in [0.1, 0.15) is 11.4 Å². The number of carbonyl (C=O) groups is 1. The van der Waals surface area contributed by atoms with Gasteiger partial charge in [-0.2, -0.15) is 0 Å². The van der Waals surface area contributed by atoms with Crippen molar-refractivity contribution in [2.24, 2.45) is 0 Å². The molecule has 38 heavy (non-hydrogen) atoms. The van der Waals surface area contributed by atoms with Gasteiger partial charge < -0.3 is 13.6 Å². The van der Waals surface area contributed by atoms with Gasteiger partial charge >= 0.3 is 5.97 Å². The predicted octanol–water partition coefficient (Wildman–Crippen LogP) is 7.89. The summed E-state index contributed by atoms with van der Waals surface area (Å²) in [5.41, 5.74) is 4.29. The molecule has 0 saturated carbocycles. The first kappa shape index (κ1) is 27.5. The number of pyridine rings is 1. The molecule has 0 aliphatic rings. The molecule has 0 amide bonds. The quantitative estimate of drug-likeness (QED) is 0.162. The molecule has 0 fully saturated rings. The molecule has 4 rings (SSSR count). The van der Waals surface area contributed by atoms with E-state index in [0.29, 0.717) is 23.8 Å². The topological polar surface area (TPSA) is 74.5 Å². The van der Waals surface area contributed by atoms with Crippen LogP contribution in [-0.4, -0.2) is 31.4 Å². The van der Waals surface area contributed by atoms with E-state index in [9.17, 15) is 4.79 Å². The Morgan fingerprint density at radius 3 is 2.29 bits per heavy atom. The van der Waals surface area contributed by atoms with Crippen LogP contribution in [0.2, 0.25) is 18.1 Å². The van der Waals surface area contributed by atoms with Crippen LogP contribution in [0.1, 0.15) is 55.2 Å². The van der Waals surface area contributed by atoms with E-state index in [-0.39, 0.29) is 16.8 Å². The second-order valence-corrected chi connectivity index (χ2v) is 15.7. The Labute approximate surface area is 226 Å². The third-order valence-corrected chi connectivity index (χ3v) is 11.7. The average Bonchev–Trinajstić information content (AvgIpc) is 3.40. The van der Waals surface area contributed by atoms with Gasteiger partial charge in [-0.3, -0.25) is 0 Å². The largest absolute Gasteiger partial charge is 0.464 e. The number of benzene rings is 2. The number of oxazole rings is 1. The van der Waals surface area contributed by atoms with Crippen molar-refractivity contribution >= 4 is 14.3 Å². The maximum atomic E-state index is 11.9. The molecular formula is C31H36N2O4Si. The van der Waals surface area contributed by atoms with Crippen LogP contribution in [0.5, 0.6) is 0 Å². The van der Waals surface area contributed by atoms with Gasteiger partial charge in [-0.25, -0.2) is 14.8 Å². The second-order valence-electron chi connectivity index (χ2n) is 10.9. The lowest BCUT2D eigenvalue weighted by Gasteiger charge is -2.39. The number of rotatable bonds is 9. The van der Waals surface area contributed by atoms with Crippen molar-refractivity contribution in [3.63, 3.8) is 0 Å². The van der Waals surface area contributed by atoms with Crippen molar-refractivity contribution in [1.82, 2.24) is 9.97 Å². The Kier molecular flexibility index (Phi) is 8.28. The third-order valence-electron chi connectivity index (χ3n) is 7.20. The molecule has 7 heteroatoms. The monoisotopic (exact) mass is 528 g/mol. The van der Waals surface area contributed by atoms with Crippen molar-refractivity contribution < 1.29 is 18.4 Å². The second kappa shape index (κ2) is 11.5. The summed E-state index contributed by atoms with van der Waals surface area (Å²) >= 11 is 0. The maximum Gasteiger partial charge on any atom is 0.356 e. The predicted molar refractivity (Wildman–Crippen MR) is 152 cm³/mol. The van der Waals surface area contributed by atoms with Crippen LogP contribution in [0.15, 0.2) is 83.4 Å². The molecule has 1 atom stereocenters. The standard InChI is InChI=1S/C31H36N2O4Si/c1-31(2,3)38(5,6)37-27(24-17-15-23(16-18-24)22-11-8-7-9-12-22)19-20-29-32-21-28(36-29)25-13-10-14-26(33-25)30(34)35-4/h7-18,21,27H,19-20H2,1-6H3. The van der Waals surface area contributed by atoms with E-state index in [1.807, 2.05) is 6.07 Å². The molecule has 4 aromatic rings. The minimum atomic E-state index is -2.04. The molecule has 0 bridgehead atoms. The van der Waals surface area contributed by atoms with E-state index in [1.54, 1.807) is 24.4 Å². The highest BCUT2D eigenvalue weighted by molar-refractivity contribution is 6.74. The molecule has 0 radical (unpaired) electrons. The molecule has 2 aromatic carbocycles. The highest BCUT2D eigenvalue weighted by atomic mass is 28.4. The van der Waals surface area contributed by atoms with Gasteiger partial charge in [0.15, 0.2) is 20.0 Å². The lowest BCUT2D eigenvalue weighted by Crippen LogP contribution is -2.42. The van der Waals surface area contributed by atoms with Gasteiger partial charge in [0, 0.05) is 6.42 Å². The minimum Gasteiger partial charge on any atom is -0.464 e. The van der Waals surface area contributed by atoms with E-state index in [4.69, 9.17) is 13.6 Å². The van der Waals surface area contributed by atoms with E-state index in [0.717, 1.165) is 12.0 Å². The molecule has 2 heterocycles. The van der Waals surface area contributed by atoms with Crippen LogP contribution in [-0.2, 0) is 15.6 Å². The molecular weight excluding hydrogens is 492 g/mol. The Hall–Kier alpha value is -3.55. The fraction of sp³-hybridized carbons (Fsp3) is 0.323. The summed E-state index contributed by atoms with van der Waals surface area (Å²) < 4.78 is 17.7. The minimum absolute atomic E-state index is 0.0850. The van der Waals surface area contributed by atoms with E-state index < -0.39 is 14.3 Å². The number of nitrogens with zero attached hydrogens (tertiary/aromatic N) is 2. The first-order valence-electron chi connectivity index (χ1n) is 12.9. The third kappa shape index (κ3) is 6.47. The summed E-state index contributed by atoms with van der Waals surface area (Å²) in [6.45, 7) is 11.3. The summed E-state index contributed by atoms with van der Waals surface area (Å²) in [6.07, 6.45) is 2.90. The van der Waals surface area contributed by atoms with E-state index in [2.05, 4.69) is 92.4 Å². The zero-order chi connectivity index (χ0) is 27.3. The summed E-state index contributed by atoms with van der Waals surface area (Å²) in [5.74, 6) is 0.630. The van der Waals surface area contributed by atoms with Crippen LogP contribution in [0.4, 0.5) is 0 Å². The maximum absolute atomic E-state index is 11.9. The smallest absolute Gasteiger partial charge is 0.356 e. The first-order valence-corrected chi connectivity index (χ1v) is 15.8. The lowest BCUT2D eigenvalue weighted by atomic mass is 10.00. The van der Waals surface area contributed by atoms with Crippen molar-refractivity contribution in [1.29, 1.82) is 0 Å². The fourth-order valence-corrected chi connectivity index (χ4v) is 5.25. The van der Waals surface area contributed by atoms with E-state index >= 15 is 0 Å². The Morgan fingerprint density at radius 2 is 1.63 bits per heavy atom. The number of aryl methyl sites for hydroxylation is 1. The number of carbonyl (C=O) groups excluding carboxylic acids is 1. The average molecular weight is 529 g/mol. The van der Waals surface area contributed by atoms with Crippen LogP contribution >= 0.6 is 0 Å². The van der Waals surface area contributed by atoms with Gasteiger partial charge in [-0.05, 0) is 53.4 Å². The van der Waals surface area contributed by atoms with Crippen molar-refractivity contribution in [2.75, 3.05) is 7.11 Å². The fourth-order valence-electron chi connectivity index (χ4n) is 3.94. The molecule has 198 valence electrons. The molecule has 0 saturated heterocycles. The number of esters is 1. The summed E-state index contributed by atoms with van der Waals surface area (Å²) in [6, 6.07) is 24.2. The highest BCUT2D eigenvalue weighted by Crippen LogP contribution is 2.41. The van der Waals surface area contributed by atoms with Gasteiger partial charge in [0.05, 0.1) is 19.4 Å². The van der Waals surface area contributed by atoms with Crippen LogP contribution < -0.4 is 0 Å². The molecule has 0 N–H and O–H groups in total. The van der Waals surface area contributed by atoms with Crippen LogP contribution in [0.25, 0.3) is 22.6 Å². The molecule has 2 aromatic heterocycles. The number of hydrogen-bond donors (Lipinski definition) is 0. The van der Waals surface area contributed by atoms with Gasteiger partial charge in [-0.15, -0.1) is 0 Å². The normalized spacial score (nSPS) is 12.8. The Morgan fingerprint density at radius 1 is 0.947 bits per heavy atom. The summed E-state index contributed by atoms with van der Waals surface area (Å²) in [7, 11) is -0.705. The van der Waals surface area contributed by atoms with Crippen molar-refractivity contribution in [3.05, 3.63) is 96.1 Å². The van der Waals surface area contributed by atoms with Crippen LogP contribution in [0.3, 0.4) is 0 Å². The molecule has 1 unspecified atom stereocenters. The van der Waals surface area contributed by atoms with Crippen LogP contribution in [0, 0.1) is 0 Å². The Bertz CT molecular complexity index is 1360. The first-order chi connectivity index (χ1) is 18.1. The number of ether oxygens (including phenoxy) is 1. The number of aromatic nitrogens is 2. The summed E-state index contributed by atoms with van der Waals surface area (Å²) in [4.78, 5) is 20.7. The molecule has 0 spiro atoms. The molecule has 6 nitrogen and oxygen atoms in total. The van der Waals surface area contributed by atoms with Crippen molar-refractivity contribution in [2.45, 2.75) is 57.8 Å². The highest BCUT2D eigenvalue weighted by Gasteiger charge is 2.39. The molecule has 0 aliphatic heterocycles. The van der Waals surface area contributed by atoms with E-state index in [1.165, 1.54) is 18.2 Å². The summed E-state index contributed by atoms with van der Waals surface area (Å²) in [5, 5.41) is 0.0850. The van der Waals surface area contributed by atoms with Gasteiger partial charge in [0.25, 0.3) is 0 Å². The zero-order valence-corrected chi connectivity index (χ0v) is 24.0. The Balaban J connectivity index is 1.54. The zero-order valence-electron chi connectivity index (χ0n) is 23.0. The molecule has 0 aliphatic carbocycles. The van der Waals surface area contributed by atoms with Gasteiger partial charge in [-0.1, -0.05) is 81.4 Å².